The summed E-state index contributed by atoms with van der Waals surface area (Å²) >= 11 is 0. The number of hydrogen-bond acceptors (Lipinski definition) is 4. The molecule has 2 N–H and O–H groups in total. The van der Waals surface area contributed by atoms with Gasteiger partial charge in [-0.15, -0.1) is 0 Å². The Hall–Kier alpha value is -1.78. The van der Waals surface area contributed by atoms with Crippen LogP contribution < -0.4 is 5.73 Å². The van der Waals surface area contributed by atoms with Gasteiger partial charge in [0.2, 0.25) is 0 Å². The molecule has 1 aliphatic rings. The standard InChI is InChI=1S/C17H22N4/c1-13(18)17(15-6-10-20-11-7-15)21-12-2-3-16(21)14-4-8-19-9-5-14/h4-11,13,16-17H,2-3,12,18H2,1H3. The average molecular weight is 282 g/mol. The Morgan fingerprint density at radius 1 is 1.10 bits per heavy atom. The van der Waals surface area contributed by atoms with Gasteiger partial charge >= 0.3 is 0 Å². The van der Waals surface area contributed by atoms with Crippen LogP contribution in [-0.2, 0) is 0 Å². The fourth-order valence-corrected chi connectivity index (χ4v) is 3.42. The molecule has 0 aliphatic carbocycles. The van der Waals surface area contributed by atoms with Crippen LogP contribution in [-0.4, -0.2) is 27.5 Å². The molecule has 110 valence electrons. The third kappa shape index (κ3) is 2.96. The third-order valence-corrected chi connectivity index (χ3v) is 4.29. The molecule has 2 aromatic heterocycles. The molecule has 3 rings (SSSR count). The molecule has 0 saturated carbocycles. The Balaban J connectivity index is 1.92. The summed E-state index contributed by atoms with van der Waals surface area (Å²) in [5, 5.41) is 0. The highest BCUT2D eigenvalue weighted by Gasteiger charge is 2.34. The summed E-state index contributed by atoms with van der Waals surface area (Å²) in [6, 6.07) is 9.13. The minimum atomic E-state index is 0.0786. The molecule has 4 heteroatoms. The van der Waals surface area contributed by atoms with E-state index < -0.39 is 0 Å². The first-order valence-corrected chi connectivity index (χ1v) is 7.58. The van der Waals surface area contributed by atoms with Gasteiger partial charge in [-0.05, 0) is 61.7 Å². The van der Waals surface area contributed by atoms with E-state index in [1.807, 2.05) is 24.8 Å². The first kappa shape index (κ1) is 14.2. The van der Waals surface area contributed by atoms with E-state index in [0.717, 1.165) is 6.54 Å². The quantitative estimate of drug-likeness (QED) is 0.936. The fourth-order valence-electron chi connectivity index (χ4n) is 3.42. The van der Waals surface area contributed by atoms with Crippen molar-refractivity contribution in [3.05, 3.63) is 60.2 Å². The maximum absolute atomic E-state index is 6.31. The molecule has 0 bridgehead atoms. The van der Waals surface area contributed by atoms with E-state index in [0.29, 0.717) is 6.04 Å². The van der Waals surface area contributed by atoms with Crippen molar-refractivity contribution >= 4 is 0 Å². The Kier molecular flexibility index (Phi) is 4.27. The van der Waals surface area contributed by atoms with Crippen LogP contribution in [0.1, 0.15) is 43.0 Å². The van der Waals surface area contributed by atoms with Crippen LogP contribution >= 0.6 is 0 Å². The van der Waals surface area contributed by atoms with Crippen molar-refractivity contribution in [3.8, 4) is 0 Å². The smallest absolute Gasteiger partial charge is 0.0503 e. The number of rotatable bonds is 4. The summed E-state index contributed by atoms with van der Waals surface area (Å²) in [6.07, 6.45) is 9.84. The molecular weight excluding hydrogens is 260 g/mol. The summed E-state index contributed by atoms with van der Waals surface area (Å²) < 4.78 is 0. The van der Waals surface area contributed by atoms with Gasteiger partial charge in [-0.25, -0.2) is 0 Å². The number of aromatic nitrogens is 2. The van der Waals surface area contributed by atoms with Gasteiger partial charge in [0, 0.05) is 36.9 Å². The van der Waals surface area contributed by atoms with Crippen molar-refractivity contribution in [2.45, 2.75) is 37.9 Å². The van der Waals surface area contributed by atoms with Crippen molar-refractivity contribution in [1.82, 2.24) is 14.9 Å². The second-order valence-electron chi connectivity index (χ2n) is 5.76. The first-order chi connectivity index (χ1) is 10.3. The lowest BCUT2D eigenvalue weighted by atomic mass is 9.97. The number of nitrogens with zero attached hydrogens (tertiary/aromatic N) is 3. The van der Waals surface area contributed by atoms with Crippen LogP contribution in [0, 0.1) is 0 Å². The SMILES string of the molecule is CC(N)C(c1ccncc1)N1CCCC1c1ccncc1. The molecule has 1 fully saturated rings. The summed E-state index contributed by atoms with van der Waals surface area (Å²) in [7, 11) is 0. The van der Waals surface area contributed by atoms with Crippen LogP contribution in [0.15, 0.2) is 49.1 Å². The molecule has 2 aromatic rings. The van der Waals surface area contributed by atoms with Crippen molar-refractivity contribution in [2.24, 2.45) is 5.73 Å². The Labute approximate surface area is 126 Å². The highest BCUT2D eigenvalue weighted by atomic mass is 15.2. The molecule has 0 spiro atoms. The van der Waals surface area contributed by atoms with E-state index in [4.69, 9.17) is 5.73 Å². The minimum absolute atomic E-state index is 0.0786. The van der Waals surface area contributed by atoms with Crippen molar-refractivity contribution < 1.29 is 0 Å². The average Bonchev–Trinajstić information content (AvgIpc) is 2.98. The van der Waals surface area contributed by atoms with E-state index in [1.54, 1.807) is 0 Å². The van der Waals surface area contributed by atoms with Gasteiger partial charge in [0.05, 0.1) is 6.04 Å². The minimum Gasteiger partial charge on any atom is -0.326 e. The number of hydrogen-bond donors (Lipinski definition) is 1. The summed E-state index contributed by atoms with van der Waals surface area (Å²) in [5.41, 5.74) is 8.90. The zero-order valence-corrected chi connectivity index (χ0v) is 12.4. The van der Waals surface area contributed by atoms with Crippen LogP contribution in [0.25, 0.3) is 0 Å². The zero-order valence-electron chi connectivity index (χ0n) is 12.4. The molecule has 0 aromatic carbocycles. The molecule has 1 aliphatic heterocycles. The second-order valence-corrected chi connectivity index (χ2v) is 5.76. The zero-order chi connectivity index (χ0) is 14.7. The lowest BCUT2D eigenvalue weighted by Crippen LogP contribution is -2.39. The number of nitrogens with two attached hydrogens (primary N) is 1. The van der Waals surface area contributed by atoms with Crippen molar-refractivity contribution in [2.75, 3.05) is 6.54 Å². The third-order valence-electron chi connectivity index (χ3n) is 4.29. The Morgan fingerprint density at radius 3 is 2.33 bits per heavy atom. The maximum atomic E-state index is 6.31. The van der Waals surface area contributed by atoms with E-state index in [1.165, 1.54) is 24.0 Å². The van der Waals surface area contributed by atoms with Gasteiger partial charge in [0.1, 0.15) is 0 Å². The Morgan fingerprint density at radius 2 is 1.71 bits per heavy atom. The highest BCUT2D eigenvalue weighted by molar-refractivity contribution is 5.22. The van der Waals surface area contributed by atoms with Gasteiger partial charge in [0.25, 0.3) is 0 Å². The van der Waals surface area contributed by atoms with Crippen LogP contribution in [0.2, 0.25) is 0 Å². The number of pyridine rings is 2. The van der Waals surface area contributed by atoms with Crippen LogP contribution in [0.4, 0.5) is 0 Å². The summed E-state index contributed by atoms with van der Waals surface area (Å²) in [6.45, 7) is 3.18. The monoisotopic (exact) mass is 282 g/mol. The molecule has 4 nitrogen and oxygen atoms in total. The fraction of sp³-hybridized carbons (Fsp3) is 0.412. The molecule has 3 heterocycles. The maximum Gasteiger partial charge on any atom is 0.0503 e. The second kappa shape index (κ2) is 6.33. The molecule has 21 heavy (non-hydrogen) atoms. The van der Waals surface area contributed by atoms with Gasteiger partial charge in [-0.3, -0.25) is 14.9 Å². The predicted octanol–water partition coefficient (Wildman–Crippen LogP) is 2.70. The lowest BCUT2D eigenvalue weighted by molar-refractivity contribution is 0.161. The molecule has 3 unspecified atom stereocenters. The van der Waals surface area contributed by atoms with E-state index in [9.17, 15) is 0 Å². The van der Waals surface area contributed by atoms with Crippen LogP contribution in [0.3, 0.4) is 0 Å². The van der Waals surface area contributed by atoms with Gasteiger partial charge in [-0.1, -0.05) is 0 Å². The first-order valence-electron chi connectivity index (χ1n) is 7.58. The predicted molar refractivity (Wildman–Crippen MR) is 83.5 cm³/mol. The molecule has 0 radical (unpaired) electrons. The van der Waals surface area contributed by atoms with Crippen molar-refractivity contribution in [1.29, 1.82) is 0 Å². The largest absolute Gasteiger partial charge is 0.326 e. The molecular formula is C17H22N4. The van der Waals surface area contributed by atoms with E-state index in [2.05, 4.69) is 46.1 Å². The summed E-state index contributed by atoms with van der Waals surface area (Å²) in [4.78, 5) is 10.8. The van der Waals surface area contributed by atoms with Crippen molar-refractivity contribution in [3.63, 3.8) is 0 Å². The number of likely N-dealkylation sites (tertiary alicyclic amines) is 1. The van der Waals surface area contributed by atoms with Gasteiger partial charge < -0.3 is 5.73 Å². The molecule has 0 amide bonds. The van der Waals surface area contributed by atoms with Gasteiger partial charge in [0.15, 0.2) is 0 Å². The molecule has 1 saturated heterocycles. The van der Waals surface area contributed by atoms with Gasteiger partial charge in [-0.2, -0.15) is 0 Å². The van der Waals surface area contributed by atoms with E-state index in [-0.39, 0.29) is 12.1 Å². The van der Waals surface area contributed by atoms with E-state index >= 15 is 0 Å². The van der Waals surface area contributed by atoms with Crippen LogP contribution in [0.5, 0.6) is 0 Å². The highest BCUT2D eigenvalue weighted by Crippen LogP contribution is 2.39. The molecule has 3 atom stereocenters. The topological polar surface area (TPSA) is 55.0 Å². The lowest BCUT2D eigenvalue weighted by Gasteiger charge is -2.36. The Bertz CT molecular complexity index is 556. The normalized spacial score (nSPS) is 22.1. The summed E-state index contributed by atoms with van der Waals surface area (Å²) in [5.74, 6) is 0.